The third kappa shape index (κ3) is 2.61. The molecule has 13 heavy (non-hydrogen) atoms. The van der Waals surface area contributed by atoms with Gasteiger partial charge in [0.05, 0.1) is 0 Å². The van der Waals surface area contributed by atoms with Gasteiger partial charge in [-0.25, -0.2) is 0 Å². The molecule has 0 spiro atoms. The van der Waals surface area contributed by atoms with Crippen molar-refractivity contribution in [2.24, 2.45) is 11.0 Å². The molecule has 0 atom stereocenters. The molecular weight excluding hydrogens is 162 g/mol. The topological polar surface area (TPSA) is 27.6 Å². The molecule has 0 saturated heterocycles. The smallest absolute Gasteiger partial charge is 0.126 e. The normalized spacial score (nSPS) is 17.7. The number of hydrogen-bond donors (Lipinski definition) is 1. The van der Waals surface area contributed by atoms with Crippen LogP contribution in [-0.4, -0.2) is 22.9 Å². The van der Waals surface area contributed by atoms with Crippen molar-refractivity contribution >= 4 is 5.84 Å². The van der Waals surface area contributed by atoms with E-state index in [1.54, 1.807) is 0 Å². The standard InChI is InChI=1S/C10H21N3/c1-8(2)6-9-12-11-7-13(9)10(3,4)5/h8,11H,6-7H2,1-5H3. The lowest BCUT2D eigenvalue weighted by atomic mass is 10.0. The first kappa shape index (κ1) is 10.4. The molecule has 0 radical (unpaired) electrons. The molecule has 0 amide bonds. The zero-order valence-electron chi connectivity index (χ0n) is 9.39. The Morgan fingerprint density at radius 3 is 2.54 bits per heavy atom. The van der Waals surface area contributed by atoms with Gasteiger partial charge in [0.2, 0.25) is 0 Å². The van der Waals surface area contributed by atoms with Gasteiger partial charge < -0.3 is 4.90 Å². The lowest BCUT2D eigenvalue weighted by Gasteiger charge is -2.34. The minimum Gasteiger partial charge on any atom is -0.335 e. The van der Waals surface area contributed by atoms with Crippen molar-refractivity contribution in [1.82, 2.24) is 10.3 Å². The van der Waals surface area contributed by atoms with E-state index in [-0.39, 0.29) is 5.54 Å². The highest BCUT2D eigenvalue weighted by Crippen LogP contribution is 2.19. The minimum absolute atomic E-state index is 0.178. The van der Waals surface area contributed by atoms with Crippen molar-refractivity contribution in [1.29, 1.82) is 0 Å². The van der Waals surface area contributed by atoms with Crippen LogP contribution in [0.1, 0.15) is 41.0 Å². The number of nitrogens with zero attached hydrogens (tertiary/aromatic N) is 2. The third-order valence-corrected chi connectivity index (χ3v) is 2.15. The molecule has 3 heteroatoms. The van der Waals surface area contributed by atoms with E-state index < -0.39 is 0 Å². The maximum Gasteiger partial charge on any atom is 0.126 e. The molecule has 1 rings (SSSR count). The summed E-state index contributed by atoms with van der Waals surface area (Å²) in [5.74, 6) is 1.87. The molecule has 0 aromatic carbocycles. The number of nitrogens with one attached hydrogen (secondary N) is 1. The molecule has 0 aromatic heterocycles. The monoisotopic (exact) mass is 183 g/mol. The van der Waals surface area contributed by atoms with Crippen molar-refractivity contribution in [2.75, 3.05) is 6.67 Å². The van der Waals surface area contributed by atoms with Crippen LogP contribution in [-0.2, 0) is 0 Å². The van der Waals surface area contributed by atoms with Crippen LogP contribution >= 0.6 is 0 Å². The van der Waals surface area contributed by atoms with Crippen LogP contribution in [0.3, 0.4) is 0 Å². The average molecular weight is 183 g/mol. The Morgan fingerprint density at radius 2 is 2.08 bits per heavy atom. The highest BCUT2D eigenvalue weighted by atomic mass is 15.5. The van der Waals surface area contributed by atoms with Crippen LogP contribution in [0.15, 0.2) is 5.10 Å². The van der Waals surface area contributed by atoms with E-state index in [2.05, 4.69) is 50.0 Å². The largest absolute Gasteiger partial charge is 0.335 e. The summed E-state index contributed by atoms with van der Waals surface area (Å²) in [6.07, 6.45) is 1.06. The molecule has 1 N–H and O–H groups in total. The van der Waals surface area contributed by atoms with Crippen LogP contribution < -0.4 is 5.43 Å². The number of hydrogen-bond acceptors (Lipinski definition) is 3. The highest BCUT2D eigenvalue weighted by Gasteiger charge is 2.27. The molecule has 0 aliphatic carbocycles. The van der Waals surface area contributed by atoms with Gasteiger partial charge >= 0.3 is 0 Å². The Morgan fingerprint density at radius 1 is 1.46 bits per heavy atom. The lowest BCUT2D eigenvalue weighted by Crippen LogP contribution is -2.44. The number of amidine groups is 1. The average Bonchev–Trinajstić information content (AvgIpc) is 2.31. The maximum absolute atomic E-state index is 4.32. The van der Waals surface area contributed by atoms with E-state index in [4.69, 9.17) is 0 Å². The van der Waals surface area contributed by atoms with E-state index in [1.165, 1.54) is 5.84 Å². The minimum atomic E-state index is 0.178. The van der Waals surface area contributed by atoms with Gasteiger partial charge in [-0.3, -0.25) is 5.43 Å². The Bertz CT molecular complexity index is 201. The third-order valence-electron chi connectivity index (χ3n) is 2.15. The van der Waals surface area contributed by atoms with Gasteiger partial charge in [-0.2, -0.15) is 5.10 Å². The van der Waals surface area contributed by atoms with E-state index in [0.717, 1.165) is 13.1 Å². The van der Waals surface area contributed by atoms with Gasteiger partial charge in [0.15, 0.2) is 0 Å². The Labute approximate surface area is 81.2 Å². The van der Waals surface area contributed by atoms with Crippen LogP contribution in [0.25, 0.3) is 0 Å². The SMILES string of the molecule is CC(C)CC1=NNCN1C(C)(C)C. The van der Waals surface area contributed by atoms with Crippen LogP contribution in [0, 0.1) is 5.92 Å². The molecule has 0 fully saturated rings. The summed E-state index contributed by atoms with van der Waals surface area (Å²) in [5.41, 5.74) is 3.23. The molecule has 1 heterocycles. The number of rotatable bonds is 2. The molecule has 76 valence electrons. The van der Waals surface area contributed by atoms with Crippen molar-refractivity contribution < 1.29 is 0 Å². The van der Waals surface area contributed by atoms with Crippen LogP contribution in [0.4, 0.5) is 0 Å². The van der Waals surface area contributed by atoms with Gasteiger partial charge in [0, 0.05) is 12.0 Å². The van der Waals surface area contributed by atoms with Crippen molar-refractivity contribution in [3.05, 3.63) is 0 Å². The highest BCUT2D eigenvalue weighted by molar-refractivity contribution is 5.84. The second-order valence-electron chi connectivity index (χ2n) is 5.04. The zero-order valence-corrected chi connectivity index (χ0v) is 9.39. The first-order valence-electron chi connectivity index (χ1n) is 4.98. The first-order valence-corrected chi connectivity index (χ1v) is 4.98. The second-order valence-corrected chi connectivity index (χ2v) is 5.04. The van der Waals surface area contributed by atoms with Crippen molar-refractivity contribution in [3.63, 3.8) is 0 Å². The van der Waals surface area contributed by atoms with Gasteiger partial charge in [-0.1, -0.05) is 13.8 Å². The van der Waals surface area contributed by atoms with Crippen molar-refractivity contribution in [3.8, 4) is 0 Å². The van der Waals surface area contributed by atoms with E-state index in [0.29, 0.717) is 5.92 Å². The van der Waals surface area contributed by atoms with Crippen molar-refractivity contribution in [2.45, 2.75) is 46.6 Å². The fourth-order valence-corrected chi connectivity index (χ4v) is 1.49. The summed E-state index contributed by atoms with van der Waals surface area (Å²) < 4.78 is 0. The van der Waals surface area contributed by atoms with E-state index in [1.807, 2.05) is 0 Å². The van der Waals surface area contributed by atoms with E-state index >= 15 is 0 Å². The molecule has 0 unspecified atom stereocenters. The summed E-state index contributed by atoms with van der Waals surface area (Å²) in [6, 6.07) is 0. The Kier molecular flexibility index (Phi) is 2.84. The predicted molar refractivity (Wildman–Crippen MR) is 56.5 cm³/mol. The Balaban J connectivity index is 2.63. The van der Waals surface area contributed by atoms with Gasteiger partial charge in [0.1, 0.15) is 12.5 Å². The lowest BCUT2D eigenvalue weighted by molar-refractivity contribution is 0.238. The summed E-state index contributed by atoms with van der Waals surface area (Å²) in [6.45, 7) is 12.0. The summed E-state index contributed by atoms with van der Waals surface area (Å²) in [5, 5.41) is 4.32. The molecule has 0 bridgehead atoms. The van der Waals surface area contributed by atoms with Gasteiger partial charge in [-0.15, -0.1) is 0 Å². The van der Waals surface area contributed by atoms with Crippen LogP contribution in [0.5, 0.6) is 0 Å². The molecule has 0 saturated carbocycles. The fraction of sp³-hybridized carbons (Fsp3) is 0.900. The predicted octanol–water partition coefficient (Wildman–Crippen LogP) is 2.01. The van der Waals surface area contributed by atoms with E-state index in [9.17, 15) is 0 Å². The fourth-order valence-electron chi connectivity index (χ4n) is 1.49. The summed E-state index contributed by atoms with van der Waals surface area (Å²) >= 11 is 0. The quantitative estimate of drug-likeness (QED) is 0.709. The zero-order chi connectivity index (χ0) is 10.1. The van der Waals surface area contributed by atoms with Gasteiger partial charge in [0.25, 0.3) is 0 Å². The number of hydrazone groups is 1. The summed E-state index contributed by atoms with van der Waals surface area (Å²) in [4.78, 5) is 2.33. The molecule has 1 aliphatic heterocycles. The molecule has 3 nitrogen and oxygen atoms in total. The maximum atomic E-state index is 4.32. The van der Waals surface area contributed by atoms with Crippen LogP contribution in [0.2, 0.25) is 0 Å². The Hall–Kier alpha value is -0.730. The molecular formula is C10H21N3. The second kappa shape index (κ2) is 3.56. The van der Waals surface area contributed by atoms with Gasteiger partial charge in [-0.05, 0) is 26.7 Å². The first-order chi connectivity index (χ1) is 5.91. The molecule has 1 aliphatic rings. The molecule has 0 aromatic rings. The summed E-state index contributed by atoms with van der Waals surface area (Å²) in [7, 11) is 0.